The molecule has 1 N–H and O–H groups in total. The Balaban J connectivity index is 2.26. The first kappa shape index (κ1) is 15.5. The summed E-state index contributed by atoms with van der Waals surface area (Å²) < 4.78 is 1.92. The van der Waals surface area contributed by atoms with Gasteiger partial charge in [-0.25, -0.2) is 0 Å². The highest BCUT2D eigenvalue weighted by atomic mass is 79.9. The zero-order chi connectivity index (χ0) is 13.9. The highest BCUT2D eigenvalue weighted by Crippen LogP contribution is 2.47. The smallest absolute Gasteiger partial charge is 0.107 e. The summed E-state index contributed by atoms with van der Waals surface area (Å²) in [5.41, 5.74) is -0.607. The van der Waals surface area contributed by atoms with E-state index in [1.807, 2.05) is 6.07 Å². The summed E-state index contributed by atoms with van der Waals surface area (Å²) in [6, 6.07) is 4.37. The van der Waals surface area contributed by atoms with Gasteiger partial charge < -0.3 is 5.11 Å². The van der Waals surface area contributed by atoms with Crippen LogP contribution in [-0.2, 0) is 0 Å². The summed E-state index contributed by atoms with van der Waals surface area (Å²) in [6.45, 7) is 0. The van der Waals surface area contributed by atoms with E-state index in [4.69, 9.17) is 0 Å². The molecule has 0 radical (unpaired) electrons. The van der Waals surface area contributed by atoms with Crippen LogP contribution in [0.1, 0.15) is 55.9 Å². The predicted molar refractivity (Wildman–Crippen MR) is 85.0 cm³/mol. The second kappa shape index (κ2) is 6.71. The third-order valence-electron chi connectivity index (χ3n) is 3.93. The van der Waals surface area contributed by atoms with Crippen LogP contribution in [0.2, 0.25) is 0 Å². The topological polar surface area (TPSA) is 44.0 Å². The molecule has 0 spiro atoms. The molecule has 104 valence electrons. The first-order chi connectivity index (χ1) is 9.09. The van der Waals surface area contributed by atoms with E-state index in [1.54, 1.807) is 0 Å². The third kappa shape index (κ3) is 3.41. The lowest BCUT2D eigenvalue weighted by atomic mass is 9.73. The van der Waals surface area contributed by atoms with E-state index in [9.17, 15) is 10.4 Å². The SMILES string of the molecule is N#CC1(C(O)c2cc(Br)c(Br)s2)CCCCCCC1. The molecule has 1 fully saturated rings. The van der Waals surface area contributed by atoms with Crippen molar-refractivity contribution in [1.82, 2.24) is 0 Å². The molecule has 1 unspecified atom stereocenters. The summed E-state index contributed by atoms with van der Waals surface area (Å²) >= 11 is 8.41. The molecular formula is C14H17Br2NOS. The van der Waals surface area contributed by atoms with Crippen molar-refractivity contribution in [1.29, 1.82) is 5.26 Å². The number of nitrogens with zero attached hydrogens (tertiary/aromatic N) is 1. The first-order valence-corrected chi connectivity index (χ1v) is 9.03. The Hall–Kier alpha value is 0.110. The number of rotatable bonds is 2. The molecule has 1 saturated carbocycles. The van der Waals surface area contributed by atoms with Crippen molar-refractivity contribution < 1.29 is 5.11 Å². The van der Waals surface area contributed by atoms with Gasteiger partial charge in [-0.15, -0.1) is 11.3 Å². The summed E-state index contributed by atoms with van der Waals surface area (Å²) in [5, 5.41) is 20.3. The highest BCUT2D eigenvalue weighted by Gasteiger charge is 2.39. The second-order valence-electron chi connectivity index (χ2n) is 5.21. The number of aliphatic hydroxyl groups is 1. The molecule has 0 bridgehead atoms. The van der Waals surface area contributed by atoms with E-state index in [2.05, 4.69) is 37.9 Å². The van der Waals surface area contributed by atoms with E-state index in [-0.39, 0.29) is 0 Å². The highest BCUT2D eigenvalue weighted by molar-refractivity contribution is 9.13. The molecule has 0 aromatic carbocycles. The average molecular weight is 407 g/mol. The van der Waals surface area contributed by atoms with E-state index < -0.39 is 11.5 Å². The molecule has 0 saturated heterocycles. The third-order valence-corrected chi connectivity index (χ3v) is 7.23. The Morgan fingerprint density at radius 2 is 1.79 bits per heavy atom. The van der Waals surface area contributed by atoms with Crippen molar-refractivity contribution in [2.45, 2.75) is 51.0 Å². The van der Waals surface area contributed by atoms with Crippen molar-refractivity contribution in [2.24, 2.45) is 5.41 Å². The maximum Gasteiger partial charge on any atom is 0.107 e. The largest absolute Gasteiger partial charge is 0.386 e. The normalized spacial score (nSPS) is 21.2. The van der Waals surface area contributed by atoms with Crippen molar-refractivity contribution in [2.75, 3.05) is 0 Å². The van der Waals surface area contributed by atoms with Crippen molar-refractivity contribution in [3.63, 3.8) is 0 Å². The molecule has 1 atom stereocenters. The van der Waals surface area contributed by atoms with Crippen LogP contribution in [0.25, 0.3) is 0 Å². The van der Waals surface area contributed by atoms with Gasteiger partial charge in [-0.05, 0) is 50.8 Å². The van der Waals surface area contributed by atoms with Gasteiger partial charge in [0.25, 0.3) is 0 Å². The Kier molecular flexibility index (Phi) is 5.47. The zero-order valence-electron chi connectivity index (χ0n) is 10.7. The fraction of sp³-hybridized carbons (Fsp3) is 0.643. The first-order valence-electron chi connectivity index (χ1n) is 6.63. The fourth-order valence-electron chi connectivity index (χ4n) is 2.75. The lowest BCUT2D eigenvalue weighted by Gasteiger charge is -2.32. The second-order valence-corrected chi connectivity index (χ2v) is 8.46. The standard InChI is InChI=1S/C14H17Br2NOS/c15-10-8-11(19-13(10)16)12(18)14(9-17)6-4-2-1-3-5-7-14/h8,12,18H,1-7H2. The summed E-state index contributed by atoms with van der Waals surface area (Å²) in [4.78, 5) is 0.876. The Morgan fingerprint density at radius 3 is 2.26 bits per heavy atom. The van der Waals surface area contributed by atoms with Gasteiger partial charge in [0.2, 0.25) is 0 Å². The van der Waals surface area contributed by atoms with Crippen LogP contribution in [-0.4, -0.2) is 5.11 Å². The van der Waals surface area contributed by atoms with Crippen LogP contribution in [0.15, 0.2) is 14.3 Å². The molecule has 1 aliphatic rings. The molecule has 5 heteroatoms. The Bertz CT molecular complexity index is 453. The number of halogens is 2. The average Bonchev–Trinajstić information content (AvgIpc) is 2.70. The zero-order valence-corrected chi connectivity index (χ0v) is 14.7. The van der Waals surface area contributed by atoms with Crippen LogP contribution >= 0.6 is 43.2 Å². The van der Waals surface area contributed by atoms with Gasteiger partial charge in [0.1, 0.15) is 6.10 Å². The molecule has 2 rings (SSSR count). The lowest BCUT2D eigenvalue weighted by Crippen LogP contribution is -2.28. The van der Waals surface area contributed by atoms with Crippen LogP contribution in [0.4, 0.5) is 0 Å². The minimum atomic E-state index is -0.678. The summed E-state index contributed by atoms with van der Waals surface area (Å²) in [5.74, 6) is 0. The molecule has 0 aliphatic heterocycles. The monoisotopic (exact) mass is 405 g/mol. The summed E-state index contributed by atoms with van der Waals surface area (Å²) in [7, 11) is 0. The molecule has 19 heavy (non-hydrogen) atoms. The number of thiophene rings is 1. The maximum atomic E-state index is 10.7. The molecule has 1 aromatic rings. The van der Waals surface area contributed by atoms with Crippen molar-refractivity contribution >= 4 is 43.2 Å². The molecule has 0 amide bonds. The van der Waals surface area contributed by atoms with Gasteiger partial charge in [0.05, 0.1) is 15.3 Å². The van der Waals surface area contributed by atoms with Gasteiger partial charge in [-0.2, -0.15) is 5.26 Å². The van der Waals surface area contributed by atoms with E-state index in [0.29, 0.717) is 0 Å². The maximum absolute atomic E-state index is 10.7. The quantitative estimate of drug-likeness (QED) is 0.698. The van der Waals surface area contributed by atoms with Gasteiger partial charge in [0, 0.05) is 9.35 Å². The van der Waals surface area contributed by atoms with Crippen molar-refractivity contribution in [3.8, 4) is 6.07 Å². The predicted octanol–water partition coefficient (Wildman–Crippen LogP) is 5.56. The van der Waals surface area contributed by atoms with Gasteiger partial charge in [-0.1, -0.05) is 32.1 Å². The van der Waals surface area contributed by atoms with Gasteiger partial charge in [-0.3, -0.25) is 0 Å². The number of aliphatic hydroxyl groups excluding tert-OH is 1. The summed E-state index contributed by atoms with van der Waals surface area (Å²) in [6.07, 6.45) is 6.62. The van der Waals surface area contributed by atoms with E-state index in [1.165, 1.54) is 30.6 Å². The minimum absolute atomic E-state index is 0.607. The fourth-order valence-corrected chi connectivity index (χ4v) is 4.95. The van der Waals surface area contributed by atoms with Crippen molar-refractivity contribution in [3.05, 3.63) is 19.2 Å². The number of nitriles is 1. The molecule has 2 nitrogen and oxygen atoms in total. The minimum Gasteiger partial charge on any atom is -0.386 e. The van der Waals surface area contributed by atoms with Crippen LogP contribution in [0, 0.1) is 16.7 Å². The molecular weight excluding hydrogens is 390 g/mol. The van der Waals surface area contributed by atoms with Crippen LogP contribution < -0.4 is 0 Å². The lowest BCUT2D eigenvalue weighted by molar-refractivity contribution is 0.0462. The molecule has 1 aliphatic carbocycles. The number of hydrogen-bond donors (Lipinski definition) is 1. The van der Waals surface area contributed by atoms with E-state index >= 15 is 0 Å². The molecule has 1 aromatic heterocycles. The Morgan fingerprint density at radius 1 is 1.21 bits per heavy atom. The van der Waals surface area contributed by atoms with E-state index in [0.717, 1.165) is 38.8 Å². The van der Waals surface area contributed by atoms with Gasteiger partial charge in [0.15, 0.2) is 0 Å². The molecule has 1 heterocycles. The van der Waals surface area contributed by atoms with Crippen LogP contribution in [0.5, 0.6) is 0 Å². The van der Waals surface area contributed by atoms with Crippen LogP contribution in [0.3, 0.4) is 0 Å². The number of hydrogen-bond acceptors (Lipinski definition) is 3. The van der Waals surface area contributed by atoms with Gasteiger partial charge >= 0.3 is 0 Å². The Labute approximate surface area is 135 Å².